The van der Waals surface area contributed by atoms with E-state index in [2.05, 4.69) is 9.72 Å². The molecule has 0 saturated carbocycles. The fraction of sp³-hybridized carbons (Fsp3) is 0.455. The van der Waals surface area contributed by atoms with Crippen LogP contribution in [0.5, 0.6) is 5.75 Å². The average molecular weight is 274 g/mol. The van der Waals surface area contributed by atoms with Gasteiger partial charge in [-0.25, -0.2) is 4.98 Å². The molecule has 0 amide bonds. The van der Waals surface area contributed by atoms with Crippen LogP contribution in [0.25, 0.3) is 0 Å². The second kappa shape index (κ2) is 4.68. The zero-order valence-corrected chi connectivity index (χ0v) is 9.57. The second-order valence-electron chi connectivity index (χ2n) is 4.11. The molecule has 0 atom stereocenters. The first-order valence-corrected chi connectivity index (χ1v) is 5.24. The van der Waals surface area contributed by atoms with Crippen molar-refractivity contribution in [2.45, 2.75) is 11.8 Å². The summed E-state index contributed by atoms with van der Waals surface area (Å²) in [4.78, 5) is 3.71. The lowest BCUT2D eigenvalue weighted by molar-refractivity contribution is -0.187. The number of nitriles is 1. The fourth-order valence-corrected chi connectivity index (χ4v) is 1.58. The highest BCUT2D eigenvalue weighted by Crippen LogP contribution is 2.36. The van der Waals surface area contributed by atoms with Crippen LogP contribution in [0.15, 0.2) is 12.3 Å². The normalized spacial score (nSPS) is 17.4. The minimum absolute atomic E-state index is 0.0526. The summed E-state index contributed by atoms with van der Waals surface area (Å²) in [5.41, 5.74) is -1.42. The molecule has 5 nitrogen and oxygen atoms in total. The van der Waals surface area contributed by atoms with E-state index >= 15 is 0 Å². The zero-order chi connectivity index (χ0) is 14.1. The summed E-state index contributed by atoms with van der Waals surface area (Å²) in [6.45, 7) is -1.61. The minimum Gasteiger partial charge on any atom is -0.484 e. The van der Waals surface area contributed by atoms with E-state index in [1.165, 1.54) is 0 Å². The Hall–Kier alpha value is -1.85. The van der Waals surface area contributed by atoms with Gasteiger partial charge < -0.3 is 14.6 Å². The molecule has 1 fully saturated rings. The molecule has 102 valence electrons. The van der Waals surface area contributed by atoms with Gasteiger partial charge in [-0.15, -0.1) is 0 Å². The first kappa shape index (κ1) is 13.6. The third kappa shape index (κ3) is 2.94. The molecule has 0 unspecified atom stereocenters. The molecule has 8 heteroatoms. The minimum atomic E-state index is -4.51. The van der Waals surface area contributed by atoms with Crippen LogP contribution in [0.1, 0.15) is 11.3 Å². The number of alkyl halides is 3. The predicted octanol–water partition coefficient (Wildman–Crippen LogP) is 1.11. The molecule has 1 saturated heterocycles. The lowest BCUT2D eigenvalue weighted by Gasteiger charge is -2.37. The molecule has 1 aromatic rings. The number of ether oxygens (including phenoxy) is 2. The Balaban J connectivity index is 2.30. The topological polar surface area (TPSA) is 75.4 Å². The maximum Gasteiger partial charge on any atom is 0.422 e. The van der Waals surface area contributed by atoms with Crippen molar-refractivity contribution < 1.29 is 27.8 Å². The number of pyridine rings is 1. The van der Waals surface area contributed by atoms with Gasteiger partial charge in [-0.1, -0.05) is 0 Å². The van der Waals surface area contributed by atoms with Gasteiger partial charge >= 0.3 is 6.18 Å². The van der Waals surface area contributed by atoms with Crippen molar-refractivity contribution in [2.75, 3.05) is 19.8 Å². The summed E-state index contributed by atoms with van der Waals surface area (Å²) >= 11 is 0. The van der Waals surface area contributed by atoms with E-state index in [0.29, 0.717) is 0 Å². The van der Waals surface area contributed by atoms with Crippen LogP contribution < -0.4 is 4.74 Å². The lowest BCUT2D eigenvalue weighted by Crippen LogP contribution is -2.47. The molecule has 1 aromatic heterocycles. The number of aromatic nitrogens is 1. The van der Waals surface area contributed by atoms with Crippen LogP contribution in [0.2, 0.25) is 0 Å². The van der Waals surface area contributed by atoms with Gasteiger partial charge in [0.2, 0.25) is 0 Å². The molecule has 1 aliphatic rings. The van der Waals surface area contributed by atoms with E-state index in [4.69, 9.17) is 10.00 Å². The molecule has 0 aliphatic carbocycles. The summed E-state index contributed by atoms with van der Waals surface area (Å²) in [6, 6.07) is 2.76. The SMILES string of the molecule is N#Cc1cc(OCC(F)(F)F)c(C2(O)COC2)cn1. The van der Waals surface area contributed by atoms with Crippen molar-refractivity contribution in [3.05, 3.63) is 23.5 Å². The fourth-order valence-electron chi connectivity index (χ4n) is 1.58. The Labute approximate surface area is 106 Å². The zero-order valence-electron chi connectivity index (χ0n) is 9.57. The third-order valence-corrected chi connectivity index (χ3v) is 2.55. The number of rotatable bonds is 3. The van der Waals surface area contributed by atoms with Crippen LogP contribution in [0.4, 0.5) is 13.2 Å². The van der Waals surface area contributed by atoms with Crippen LogP contribution >= 0.6 is 0 Å². The first-order chi connectivity index (χ1) is 8.84. The molecule has 2 rings (SSSR count). The van der Waals surface area contributed by atoms with E-state index in [9.17, 15) is 18.3 Å². The van der Waals surface area contributed by atoms with Gasteiger partial charge in [-0.2, -0.15) is 18.4 Å². The second-order valence-corrected chi connectivity index (χ2v) is 4.11. The number of halogens is 3. The van der Waals surface area contributed by atoms with Crippen LogP contribution in [0, 0.1) is 11.3 Å². The quantitative estimate of drug-likeness (QED) is 0.893. The van der Waals surface area contributed by atoms with Gasteiger partial charge in [0.15, 0.2) is 6.61 Å². The van der Waals surface area contributed by atoms with Gasteiger partial charge in [0.05, 0.1) is 13.2 Å². The molecule has 0 aromatic carbocycles. The van der Waals surface area contributed by atoms with Crippen molar-refractivity contribution in [1.29, 1.82) is 5.26 Å². The molecule has 1 N–H and O–H groups in total. The van der Waals surface area contributed by atoms with Gasteiger partial charge in [-0.05, 0) is 0 Å². The van der Waals surface area contributed by atoms with Gasteiger partial charge in [0.25, 0.3) is 0 Å². The molecule has 0 radical (unpaired) electrons. The highest BCUT2D eigenvalue weighted by Gasteiger charge is 2.41. The van der Waals surface area contributed by atoms with E-state index in [-0.39, 0.29) is 30.2 Å². The highest BCUT2D eigenvalue weighted by atomic mass is 19.4. The smallest absolute Gasteiger partial charge is 0.422 e. The third-order valence-electron chi connectivity index (χ3n) is 2.55. The molecule has 2 heterocycles. The number of hydrogen-bond acceptors (Lipinski definition) is 5. The average Bonchev–Trinajstić information content (AvgIpc) is 2.32. The summed E-state index contributed by atoms with van der Waals surface area (Å²) in [6.07, 6.45) is -3.38. The molecule has 19 heavy (non-hydrogen) atoms. The lowest BCUT2D eigenvalue weighted by atomic mass is 9.92. The van der Waals surface area contributed by atoms with Gasteiger partial charge in [0, 0.05) is 17.8 Å². The van der Waals surface area contributed by atoms with E-state index in [0.717, 1.165) is 12.3 Å². The van der Waals surface area contributed by atoms with Crippen molar-refractivity contribution in [3.63, 3.8) is 0 Å². The molecular formula is C11H9F3N2O3. The first-order valence-electron chi connectivity index (χ1n) is 5.24. The van der Waals surface area contributed by atoms with Crippen LogP contribution in [0.3, 0.4) is 0 Å². The molecule has 0 spiro atoms. The van der Waals surface area contributed by atoms with E-state index < -0.39 is 18.4 Å². The summed E-state index contributed by atoms with van der Waals surface area (Å²) in [5, 5.41) is 18.7. The summed E-state index contributed by atoms with van der Waals surface area (Å²) < 4.78 is 45.9. The highest BCUT2D eigenvalue weighted by molar-refractivity contribution is 5.41. The number of aliphatic hydroxyl groups is 1. The van der Waals surface area contributed by atoms with Crippen molar-refractivity contribution in [2.24, 2.45) is 0 Å². The monoisotopic (exact) mass is 274 g/mol. The predicted molar refractivity (Wildman–Crippen MR) is 55.2 cm³/mol. The van der Waals surface area contributed by atoms with Crippen LogP contribution in [-0.2, 0) is 10.3 Å². The van der Waals surface area contributed by atoms with Gasteiger partial charge in [-0.3, -0.25) is 0 Å². The van der Waals surface area contributed by atoms with Crippen LogP contribution in [-0.4, -0.2) is 36.1 Å². The van der Waals surface area contributed by atoms with Gasteiger partial charge in [0.1, 0.15) is 23.1 Å². The van der Waals surface area contributed by atoms with E-state index in [1.54, 1.807) is 6.07 Å². The Morgan fingerprint density at radius 2 is 2.21 bits per heavy atom. The number of nitrogens with zero attached hydrogens (tertiary/aromatic N) is 2. The van der Waals surface area contributed by atoms with Crippen molar-refractivity contribution in [1.82, 2.24) is 4.98 Å². The molecule has 0 bridgehead atoms. The maximum absolute atomic E-state index is 12.2. The standard InChI is InChI=1S/C11H9F3N2O3/c12-11(13,14)6-19-9-1-7(2-15)16-3-8(9)10(17)4-18-5-10/h1,3,17H,4-6H2. The molecule has 1 aliphatic heterocycles. The van der Waals surface area contributed by atoms with Crippen molar-refractivity contribution >= 4 is 0 Å². The number of hydrogen-bond donors (Lipinski definition) is 1. The van der Waals surface area contributed by atoms with E-state index in [1.807, 2.05) is 0 Å². The Bertz CT molecular complexity index is 521. The Morgan fingerprint density at radius 1 is 1.53 bits per heavy atom. The molecular weight excluding hydrogens is 265 g/mol. The maximum atomic E-state index is 12.2. The Kier molecular flexibility index (Phi) is 3.34. The largest absolute Gasteiger partial charge is 0.484 e. The van der Waals surface area contributed by atoms with Crippen molar-refractivity contribution in [3.8, 4) is 11.8 Å². The summed E-state index contributed by atoms with van der Waals surface area (Å²) in [5.74, 6) is -0.213. The summed E-state index contributed by atoms with van der Waals surface area (Å²) in [7, 11) is 0. The Morgan fingerprint density at radius 3 is 2.68 bits per heavy atom.